The van der Waals surface area contributed by atoms with Gasteiger partial charge >= 0.3 is 7.12 Å². The lowest BCUT2D eigenvalue weighted by Crippen LogP contribution is -2.30. The van der Waals surface area contributed by atoms with Gasteiger partial charge in [0.05, 0.1) is 11.1 Å². The van der Waals surface area contributed by atoms with Crippen molar-refractivity contribution in [1.29, 1.82) is 0 Å². The summed E-state index contributed by atoms with van der Waals surface area (Å²) < 4.78 is 0. The second-order valence-corrected chi connectivity index (χ2v) is 7.44. The van der Waals surface area contributed by atoms with E-state index < -0.39 is 13.0 Å². The van der Waals surface area contributed by atoms with E-state index in [0.29, 0.717) is 47.1 Å². The van der Waals surface area contributed by atoms with Gasteiger partial charge in [-0.25, -0.2) is 4.98 Å². The van der Waals surface area contributed by atoms with Gasteiger partial charge in [-0.15, -0.1) is 0 Å². The number of rotatable bonds is 7. The number of nitrogens with zero attached hydrogens (tertiary/aromatic N) is 3. The van der Waals surface area contributed by atoms with Gasteiger partial charge in [0.25, 0.3) is 5.91 Å². The van der Waals surface area contributed by atoms with Crippen LogP contribution in [0.2, 0.25) is 0 Å². The number of para-hydroxylation sites is 1. The minimum absolute atomic E-state index is 0.395. The summed E-state index contributed by atoms with van der Waals surface area (Å²) in [6, 6.07) is 12.3. The number of nitrogens with two attached hydrogens (primary N) is 1. The highest BCUT2D eigenvalue weighted by molar-refractivity contribution is 6.58. The van der Waals surface area contributed by atoms with E-state index in [0.717, 1.165) is 22.2 Å². The van der Waals surface area contributed by atoms with E-state index in [1.807, 2.05) is 26.0 Å². The number of anilines is 1. The Balaban J connectivity index is 1.72. The molecule has 0 atom stereocenters. The normalized spacial score (nSPS) is 11.0. The standard InChI is InChI=1S/C22H23BN6O3/c1-3-17-27-21(18-12(2)26-19-15(18)8-5-9-16(19)20(24)30)29-22(28-17)25-11-13-6-4-7-14(10-13)23(31)32/h4-10,26,31-32H,3,11H2,1-2H3,(H2,24,30)(H,25,27,28,29). The molecule has 162 valence electrons. The molecular weight excluding hydrogens is 407 g/mol. The van der Waals surface area contributed by atoms with E-state index >= 15 is 0 Å². The van der Waals surface area contributed by atoms with Gasteiger partial charge in [0.15, 0.2) is 5.82 Å². The van der Waals surface area contributed by atoms with Crippen molar-refractivity contribution in [3.63, 3.8) is 0 Å². The zero-order valence-corrected chi connectivity index (χ0v) is 17.8. The molecule has 6 N–H and O–H groups in total. The van der Waals surface area contributed by atoms with E-state index in [1.54, 1.807) is 30.3 Å². The monoisotopic (exact) mass is 430 g/mol. The molecule has 0 spiro atoms. The van der Waals surface area contributed by atoms with Gasteiger partial charge in [0.1, 0.15) is 5.82 Å². The number of carbonyl (C=O) groups is 1. The minimum Gasteiger partial charge on any atom is -0.423 e. The van der Waals surface area contributed by atoms with Crippen molar-refractivity contribution in [2.75, 3.05) is 5.32 Å². The summed E-state index contributed by atoms with van der Waals surface area (Å²) in [6.07, 6.45) is 0.615. The molecule has 0 aliphatic rings. The highest BCUT2D eigenvalue weighted by atomic mass is 16.4. The first-order valence-corrected chi connectivity index (χ1v) is 10.2. The van der Waals surface area contributed by atoms with Crippen LogP contribution in [-0.2, 0) is 13.0 Å². The minimum atomic E-state index is -1.53. The van der Waals surface area contributed by atoms with Crippen molar-refractivity contribution in [3.8, 4) is 11.4 Å². The average Bonchev–Trinajstić information content (AvgIpc) is 3.13. The topological polar surface area (TPSA) is 150 Å². The number of carbonyl (C=O) groups excluding carboxylic acids is 1. The van der Waals surface area contributed by atoms with Crippen molar-refractivity contribution in [2.45, 2.75) is 26.8 Å². The maximum atomic E-state index is 11.8. The van der Waals surface area contributed by atoms with Crippen molar-refractivity contribution >= 4 is 35.3 Å². The summed E-state index contributed by atoms with van der Waals surface area (Å²) in [5.41, 5.74) is 9.46. The molecule has 0 aliphatic carbocycles. The fraction of sp³-hybridized carbons (Fsp3) is 0.182. The third-order valence-corrected chi connectivity index (χ3v) is 5.21. The Kier molecular flexibility index (Phi) is 5.89. The summed E-state index contributed by atoms with van der Waals surface area (Å²) >= 11 is 0. The van der Waals surface area contributed by atoms with Gasteiger partial charge in [-0.05, 0) is 24.0 Å². The van der Waals surface area contributed by atoms with Crippen LogP contribution in [0.5, 0.6) is 0 Å². The number of hydrogen-bond acceptors (Lipinski definition) is 7. The maximum Gasteiger partial charge on any atom is 0.488 e. The smallest absolute Gasteiger partial charge is 0.423 e. The fourth-order valence-electron chi connectivity index (χ4n) is 3.65. The molecule has 2 aromatic carbocycles. The molecule has 0 saturated heterocycles. The van der Waals surface area contributed by atoms with Gasteiger partial charge in [-0.3, -0.25) is 4.79 Å². The Morgan fingerprint density at radius 1 is 1.16 bits per heavy atom. The zero-order valence-electron chi connectivity index (χ0n) is 17.8. The number of primary amides is 1. The average molecular weight is 430 g/mol. The van der Waals surface area contributed by atoms with Gasteiger partial charge < -0.3 is 26.1 Å². The van der Waals surface area contributed by atoms with Gasteiger partial charge in [0, 0.05) is 29.6 Å². The second kappa shape index (κ2) is 8.78. The summed E-state index contributed by atoms with van der Waals surface area (Å²) in [5, 5.41) is 22.8. The number of nitrogens with one attached hydrogen (secondary N) is 2. The van der Waals surface area contributed by atoms with Crippen molar-refractivity contribution in [3.05, 3.63) is 65.1 Å². The first-order valence-electron chi connectivity index (χ1n) is 10.2. The molecule has 0 aliphatic heterocycles. The Labute approximate surface area is 184 Å². The number of fused-ring (bicyclic) bond motifs is 1. The quantitative estimate of drug-likeness (QED) is 0.277. The van der Waals surface area contributed by atoms with Crippen LogP contribution < -0.4 is 16.5 Å². The van der Waals surface area contributed by atoms with Crippen LogP contribution in [0.15, 0.2) is 42.5 Å². The molecule has 10 heteroatoms. The summed E-state index contributed by atoms with van der Waals surface area (Å²) in [4.78, 5) is 28.8. The Hall–Kier alpha value is -3.76. The molecular formula is C22H23BN6O3. The predicted molar refractivity (Wildman–Crippen MR) is 123 cm³/mol. The highest BCUT2D eigenvalue weighted by Gasteiger charge is 2.19. The van der Waals surface area contributed by atoms with E-state index in [1.165, 1.54) is 0 Å². The number of aryl methyl sites for hydroxylation is 2. The summed E-state index contributed by atoms with van der Waals surface area (Å²) in [6.45, 7) is 4.25. The van der Waals surface area contributed by atoms with E-state index in [-0.39, 0.29) is 0 Å². The van der Waals surface area contributed by atoms with E-state index in [2.05, 4.69) is 25.3 Å². The largest absolute Gasteiger partial charge is 0.488 e. The van der Waals surface area contributed by atoms with Gasteiger partial charge in [0.2, 0.25) is 5.95 Å². The predicted octanol–water partition coefficient (Wildman–Crippen LogP) is 1.28. The Morgan fingerprint density at radius 3 is 2.66 bits per heavy atom. The van der Waals surface area contributed by atoms with Crippen LogP contribution in [0.1, 0.15) is 34.4 Å². The van der Waals surface area contributed by atoms with E-state index in [9.17, 15) is 14.8 Å². The third-order valence-electron chi connectivity index (χ3n) is 5.21. The Morgan fingerprint density at radius 2 is 1.94 bits per heavy atom. The number of H-pyrrole nitrogens is 1. The zero-order chi connectivity index (χ0) is 22.8. The van der Waals surface area contributed by atoms with Crippen molar-refractivity contribution < 1.29 is 14.8 Å². The molecule has 4 aromatic rings. The third kappa shape index (κ3) is 4.18. The lowest BCUT2D eigenvalue weighted by Gasteiger charge is -2.10. The van der Waals surface area contributed by atoms with Crippen molar-refractivity contribution in [2.24, 2.45) is 5.73 Å². The molecule has 0 radical (unpaired) electrons. The number of amides is 1. The summed E-state index contributed by atoms with van der Waals surface area (Å²) in [7, 11) is -1.53. The van der Waals surface area contributed by atoms with Gasteiger partial charge in [-0.1, -0.05) is 43.3 Å². The van der Waals surface area contributed by atoms with Gasteiger partial charge in [-0.2, -0.15) is 9.97 Å². The molecule has 9 nitrogen and oxygen atoms in total. The number of aromatic amines is 1. The molecule has 0 bridgehead atoms. The molecule has 1 amide bonds. The van der Waals surface area contributed by atoms with Crippen LogP contribution in [0.4, 0.5) is 5.95 Å². The molecule has 0 fully saturated rings. The number of hydrogen-bond donors (Lipinski definition) is 5. The first-order chi connectivity index (χ1) is 15.4. The SMILES string of the molecule is CCc1nc(NCc2cccc(B(O)O)c2)nc(-c2c(C)[nH]c3c(C(N)=O)cccc23)n1. The number of aromatic nitrogens is 4. The number of benzene rings is 2. The fourth-order valence-corrected chi connectivity index (χ4v) is 3.65. The van der Waals surface area contributed by atoms with Crippen LogP contribution in [0.25, 0.3) is 22.3 Å². The lowest BCUT2D eigenvalue weighted by atomic mass is 9.80. The first kappa shape index (κ1) is 21.5. The molecule has 32 heavy (non-hydrogen) atoms. The van der Waals surface area contributed by atoms with Crippen molar-refractivity contribution in [1.82, 2.24) is 19.9 Å². The summed E-state index contributed by atoms with van der Waals surface area (Å²) in [5.74, 6) is 1.01. The molecule has 2 heterocycles. The Bertz CT molecular complexity index is 1300. The van der Waals surface area contributed by atoms with Crippen LogP contribution >= 0.6 is 0 Å². The second-order valence-electron chi connectivity index (χ2n) is 7.44. The lowest BCUT2D eigenvalue weighted by molar-refractivity contribution is 0.100. The maximum absolute atomic E-state index is 11.8. The molecule has 2 aromatic heterocycles. The van der Waals surface area contributed by atoms with Crippen LogP contribution in [0, 0.1) is 6.92 Å². The molecule has 4 rings (SSSR count). The highest BCUT2D eigenvalue weighted by Crippen LogP contribution is 2.32. The van der Waals surface area contributed by atoms with Crippen LogP contribution in [0.3, 0.4) is 0 Å². The van der Waals surface area contributed by atoms with E-state index in [4.69, 9.17) is 5.73 Å². The molecule has 0 unspecified atom stereocenters. The molecule has 0 saturated carbocycles. The van der Waals surface area contributed by atoms with Crippen LogP contribution in [-0.4, -0.2) is 43.0 Å².